The number of aryl methyl sites for hydroxylation is 3. The van der Waals surface area contributed by atoms with Crippen LogP contribution in [0.15, 0.2) is 53.3 Å². The van der Waals surface area contributed by atoms with Gasteiger partial charge in [-0.15, -0.1) is 8.78 Å². The van der Waals surface area contributed by atoms with Gasteiger partial charge >= 0.3 is 6.29 Å². The SMILES string of the molecule is Cc1cn(-c2ccc(Br)cc2-c2nc(C)cn2-c2ccc3c(c2)OC(F)(F)O3)c(C)n1. The first-order valence-corrected chi connectivity index (χ1v) is 10.3. The first-order chi connectivity index (χ1) is 14.7. The monoisotopic (exact) mass is 486 g/mol. The van der Waals surface area contributed by atoms with E-state index in [-0.39, 0.29) is 11.5 Å². The second kappa shape index (κ2) is 6.91. The molecular weight excluding hydrogens is 470 g/mol. The van der Waals surface area contributed by atoms with Crippen LogP contribution in [0, 0.1) is 20.8 Å². The van der Waals surface area contributed by atoms with Gasteiger partial charge in [0.1, 0.15) is 11.6 Å². The number of ether oxygens (including phenoxy) is 2. The molecule has 0 amide bonds. The molecule has 158 valence electrons. The number of benzene rings is 2. The van der Waals surface area contributed by atoms with Crippen molar-refractivity contribution in [1.29, 1.82) is 0 Å². The van der Waals surface area contributed by atoms with Gasteiger partial charge in [-0.2, -0.15) is 0 Å². The van der Waals surface area contributed by atoms with E-state index in [2.05, 4.69) is 30.4 Å². The number of hydrogen-bond donors (Lipinski definition) is 0. The van der Waals surface area contributed by atoms with Crippen molar-refractivity contribution in [3.8, 4) is 34.3 Å². The molecule has 9 heteroatoms. The highest BCUT2D eigenvalue weighted by Gasteiger charge is 2.43. The van der Waals surface area contributed by atoms with Gasteiger partial charge in [-0.3, -0.25) is 4.57 Å². The average molecular weight is 487 g/mol. The lowest BCUT2D eigenvalue weighted by Gasteiger charge is -2.14. The smallest absolute Gasteiger partial charge is 0.395 e. The van der Waals surface area contributed by atoms with Crippen molar-refractivity contribution in [2.75, 3.05) is 0 Å². The Balaban J connectivity index is 1.69. The van der Waals surface area contributed by atoms with Crippen LogP contribution in [-0.4, -0.2) is 25.4 Å². The van der Waals surface area contributed by atoms with Gasteiger partial charge in [0.2, 0.25) is 0 Å². The summed E-state index contributed by atoms with van der Waals surface area (Å²) in [5.41, 5.74) is 4.07. The fraction of sp³-hybridized carbons (Fsp3) is 0.182. The Morgan fingerprint density at radius 1 is 0.871 bits per heavy atom. The third-order valence-corrected chi connectivity index (χ3v) is 5.44. The summed E-state index contributed by atoms with van der Waals surface area (Å²) in [4.78, 5) is 9.24. The van der Waals surface area contributed by atoms with Crippen molar-refractivity contribution >= 4 is 15.9 Å². The molecule has 0 saturated carbocycles. The van der Waals surface area contributed by atoms with Crippen LogP contribution in [0.3, 0.4) is 0 Å². The van der Waals surface area contributed by atoms with Crippen molar-refractivity contribution in [3.63, 3.8) is 0 Å². The van der Waals surface area contributed by atoms with Gasteiger partial charge < -0.3 is 14.0 Å². The van der Waals surface area contributed by atoms with Gasteiger partial charge in [0.25, 0.3) is 0 Å². The van der Waals surface area contributed by atoms with Crippen LogP contribution in [0.1, 0.15) is 17.2 Å². The minimum Gasteiger partial charge on any atom is -0.395 e. The normalized spacial score (nSPS) is 14.3. The highest BCUT2D eigenvalue weighted by Crippen LogP contribution is 2.42. The van der Waals surface area contributed by atoms with E-state index in [1.165, 1.54) is 12.1 Å². The summed E-state index contributed by atoms with van der Waals surface area (Å²) in [7, 11) is 0. The van der Waals surface area contributed by atoms with Crippen LogP contribution in [0.5, 0.6) is 11.5 Å². The summed E-state index contributed by atoms with van der Waals surface area (Å²) in [6, 6.07) is 10.6. The molecule has 6 nitrogen and oxygen atoms in total. The van der Waals surface area contributed by atoms with Gasteiger partial charge in [-0.25, -0.2) is 9.97 Å². The van der Waals surface area contributed by atoms with Crippen molar-refractivity contribution in [1.82, 2.24) is 19.1 Å². The predicted molar refractivity (Wildman–Crippen MR) is 114 cm³/mol. The fourth-order valence-corrected chi connectivity index (χ4v) is 4.09. The number of fused-ring (bicyclic) bond motifs is 1. The largest absolute Gasteiger partial charge is 0.586 e. The number of halogens is 3. The minimum absolute atomic E-state index is 0.000188. The Kier molecular flexibility index (Phi) is 4.40. The Morgan fingerprint density at radius 2 is 1.58 bits per heavy atom. The van der Waals surface area contributed by atoms with Gasteiger partial charge in [0, 0.05) is 28.5 Å². The Labute approximate surface area is 185 Å². The zero-order chi connectivity index (χ0) is 21.9. The Hall–Kier alpha value is -3.20. The van der Waals surface area contributed by atoms with Gasteiger partial charge in [-0.05, 0) is 51.1 Å². The van der Waals surface area contributed by atoms with E-state index in [0.29, 0.717) is 11.5 Å². The van der Waals surface area contributed by atoms with E-state index < -0.39 is 6.29 Å². The van der Waals surface area contributed by atoms with Crippen LogP contribution in [0.2, 0.25) is 0 Å². The topological polar surface area (TPSA) is 54.1 Å². The molecule has 1 aliphatic heterocycles. The lowest BCUT2D eigenvalue weighted by atomic mass is 10.1. The van der Waals surface area contributed by atoms with Crippen LogP contribution in [0.25, 0.3) is 22.8 Å². The number of hydrogen-bond acceptors (Lipinski definition) is 4. The molecule has 0 saturated heterocycles. The maximum absolute atomic E-state index is 13.5. The minimum atomic E-state index is -3.66. The highest BCUT2D eigenvalue weighted by molar-refractivity contribution is 9.10. The number of aromatic nitrogens is 4. The molecule has 0 fully saturated rings. The number of alkyl halides is 2. The molecule has 2 aromatic carbocycles. The molecule has 31 heavy (non-hydrogen) atoms. The molecular formula is C22H17BrF2N4O2. The third kappa shape index (κ3) is 3.48. The molecule has 0 atom stereocenters. The van der Waals surface area contributed by atoms with Gasteiger partial charge in [0.05, 0.1) is 22.8 Å². The summed E-state index contributed by atoms with van der Waals surface area (Å²) in [6.07, 6.45) is 0.148. The summed E-state index contributed by atoms with van der Waals surface area (Å²) in [6.45, 7) is 5.76. The molecule has 0 spiro atoms. The first kappa shape index (κ1) is 19.7. The molecule has 3 heterocycles. The number of nitrogens with zero attached hydrogens (tertiary/aromatic N) is 4. The quantitative estimate of drug-likeness (QED) is 0.370. The van der Waals surface area contributed by atoms with E-state index >= 15 is 0 Å². The van der Waals surface area contributed by atoms with Crippen molar-refractivity contribution in [2.24, 2.45) is 0 Å². The molecule has 2 aromatic heterocycles. The zero-order valence-corrected chi connectivity index (χ0v) is 18.4. The zero-order valence-electron chi connectivity index (χ0n) is 16.9. The van der Waals surface area contributed by atoms with Crippen molar-refractivity contribution in [2.45, 2.75) is 27.1 Å². The molecule has 0 bridgehead atoms. The van der Waals surface area contributed by atoms with Crippen LogP contribution >= 0.6 is 15.9 Å². The van der Waals surface area contributed by atoms with Gasteiger partial charge in [-0.1, -0.05) is 15.9 Å². The fourth-order valence-electron chi connectivity index (χ4n) is 3.73. The van der Waals surface area contributed by atoms with Crippen molar-refractivity contribution < 1.29 is 18.3 Å². The van der Waals surface area contributed by atoms with E-state index in [1.807, 2.05) is 60.5 Å². The van der Waals surface area contributed by atoms with E-state index in [4.69, 9.17) is 4.98 Å². The highest BCUT2D eigenvalue weighted by atomic mass is 79.9. The number of imidazole rings is 2. The van der Waals surface area contributed by atoms with E-state index in [1.54, 1.807) is 6.07 Å². The average Bonchev–Trinajstić information content (AvgIpc) is 3.33. The van der Waals surface area contributed by atoms with Gasteiger partial charge in [0.15, 0.2) is 11.5 Å². The Morgan fingerprint density at radius 3 is 2.32 bits per heavy atom. The molecule has 4 aromatic rings. The summed E-state index contributed by atoms with van der Waals surface area (Å²) >= 11 is 3.55. The maximum atomic E-state index is 13.5. The summed E-state index contributed by atoms with van der Waals surface area (Å²) in [5.74, 6) is 1.49. The lowest BCUT2D eigenvalue weighted by molar-refractivity contribution is -0.286. The maximum Gasteiger partial charge on any atom is 0.586 e. The van der Waals surface area contributed by atoms with Crippen LogP contribution < -0.4 is 9.47 Å². The second-order valence-corrected chi connectivity index (χ2v) is 8.25. The molecule has 1 aliphatic rings. The predicted octanol–water partition coefficient (Wildman–Crippen LogP) is 5.73. The van der Waals surface area contributed by atoms with Crippen LogP contribution in [-0.2, 0) is 0 Å². The molecule has 0 N–H and O–H groups in total. The molecule has 0 unspecified atom stereocenters. The standard InChI is InChI=1S/C22H17BrF2N4O2/c1-12-10-28(14(3)26-12)18-6-4-15(23)8-17(18)21-27-13(2)11-29(21)16-5-7-19-20(9-16)31-22(24,25)30-19/h4-11H,1-3H3. The molecule has 0 radical (unpaired) electrons. The van der Waals surface area contributed by atoms with Crippen molar-refractivity contribution in [3.05, 3.63) is 70.5 Å². The third-order valence-electron chi connectivity index (χ3n) is 4.95. The number of rotatable bonds is 3. The molecule has 5 rings (SSSR count). The molecule has 0 aliphatic carbocycles. The summed E-state index contributed by atoms with van der Waals surface area (Å²) in [5, 5.41) is 0. The second-order valence-electron chi connectivity index (χ2n) is 7.34. The van der Waals surface area contributed by atoms with Crippen LogP contribution in [0.4, 0.5) is 8.78 Å². The summed E-state index contributed by atoms with van der Waals surface area (Å²) < 4.78 is 40.8. The lowest BCUT2D eigenvalue weighted by Crippen LogP contribution is -2.25. The van der Waals surface area contributed by atoms with E-state index in [9.17, 15) is 8.78 Å². The van der Waals surface area contributed by atoms with E-state index in [0.717, 1.165) is 32.9 Å². The Bertz CT molecular complexity index is 1330. The first-order valence-electron chi connectivity index (χ1n) is 9.49.